The summed E-state index contributed by atoms with van der Waals surface area (Å²) < 4.78 is 28.1. The van der Waals surface area contributed by atoms with Crippen molar-refractivity contribution in [2.24, 2.45) is 4.40 Å². The van der Waals surface area contributed by atoms with Crippen molar-refractivity contribution in [3.63, 3.8) is 0 Å². The molecule has 2 heterocycles. The Labute approximate surface area is 174 Å². The monoisotopic (exact) mass is 446 g/mol. The minimum Gasteiger partial charge on any atom is -0.272 e. The number of nitrogens with zero attached hydrogens (tertiary/aromatic N) is 3. The molecule has 29 heavy (non-hydrogen) atoms. The molecule has 1 fully saturated rings. The van der Waals surface area contributed by atoms with E-state index < -0.39 is 20.9 Å². The van der Waals surface area contributed by atoms with Gasteiger partial charge in [-0.2, -0.15) is 13.4 Å². The Bertz CT molecular complexity index is 1250. The smallest absolute Gasteiger partial charge is 0.272 e. The molecule has 0 atom stereocenters. The van der Waals surface area contributed by atoms with Gasteiger partial charge in [0.05, 0.1) is 9.83 Å². The summed E-state index contributed by atoms with van der Waals surface area (Å²) in [6, 6.07) is 12.1. The SMILES string of the molecule is O=C1C(=Cc2cccc([N+](=O)[O-])c2)SC(=S)N1NC1=NS(=O)(=O)c2ccccc21. The van der Waals surface area contributed by atoms with Crippen LogP contribution in [0, 0.1) is 10.1 Å². The quantitative estimate of drug-likeness (QED) is 0.330. The molecule has 0 radical (unpaired) electrons. The van der Waals surface area contributed by atoms with E-state index in [-0.39, 0.29) is 25.6 Å². The molecule has 4 rings (SSSR count). The van der Waals surface area contributed by atoms with Gasteiger partial charge in [0.25, 0.3) is 21.6 Å². The lowest BCUT2D eigenvalue weighted by molar-refractivity contribution is -0.384. The molecule has 0 aliphatic carbocycles. The molecule has 9 nitrogen and oxygen atoms in total. The number of thiocarbonyl (C=S) groups is 1. The van der Waals surface area contributed by atoms with Crippen LogP contribution in [-0.4, -0.2) is 34.4 Å². The number of carbonyl (C=O) groups is 1. The van der Waals surface area contributed by atoms with Crippen molar-refractivity contribution in [3.05, 3.63) is 74.7 Å². The lowest BCUT2D eigenvalue weighted by atomic mass is 10.2. The number of nitro benzene ring substituents is 1. The maximum Gasteiger partial charge on any atom is 0.285 e. The zero-order valence-corrected chi connectivity index (χ0v) is 16.8. The summed E-state index contributed by atoms with van der Waals surface area (Å²) in [7, 11) is -3.85. The second kappa shape index (κ2) is 7.06. The van der Waals surface area contributed by atoms with Gasteiger partial charge in [-0.05, 0) is 36.0 Å². The molecular weight excluding hydrogens is 436 g/mol. The van der Waals surface area contributed by atoms with Gasteiger partial charge >= 0.3 is 0 Å². The summed E-state index contributed by atoms with van der Waals surface area (Å²) in [5, 5.41) is 11.9. The second-order valence-electron chi connectivity index (χ2n) is 5.89. The summed E-state index contributed by atoms with van der Waals surface area (Å²) in [6.45, 7) is 0. The molecule has 2 aliphatic heterocycles. The van der Waals surface area contributed by atoms with Crippen molar-refractivity contribution in [2.45, 2.75) is 4.90 Å². The van der Waals surface area contributed by atoms with Crippen molar-refractivity contribution in [2.75, 3.05) is 0 Å². The third-order valence-corrected chi connectivity index (χ3v) is 6.66. The molecule has 0 spiro atoms. The molecule has 1 saturated heterocycles. The van der Waals surface area contributed by atoms with Gasteiger partial charge < -0.3 is 0 Å². The number of benzene rings is 2. The fourth-order valence-electron chi connectivity index (χ4n) is 2.74. The van der Waals surface area contributed by atoms with E-state index in [1.807, 2.05) is 0 Å². The first-order valence-corrected chi connectivity index (χ1v) is 10.7. The van der Waals surface area contributed by atoms with Crippen molar-refractivity contribution < 1.29 is 18.1 Å². The van der Waals surface area contributed by atoms with Crippen molar-refractivity contribution >= 4 is 61.8 Å². The number of amides is 1. The van der Waals surface area contributed by atoms with E-state index in [0.29, 0.717) is 11.1 Å². The second-order valence-corrected chi connectivity index (χ2v) is 9.14. The fourth-order valence-corrected chi connectivity index (χ4v) is 5.09. The summed E-state index contributed by atoms with van der Waals surface area (Å²) in [5.74, 6) is -0.524. The summed E-state index contributed by atoms with van der Waals surface area (Å²) >= 11 is 6.21. The van der Waals surface area contributed by atoms with E-state index in [1.54, 1.807) is 24.3 Å². The van der Waals surface area contributed by atoms with Gasteiger partial charge in [0, 0.05) is 17.7 Å². The molecule has 0 saturated carbocycles. The third kappa shape index (κ3) is 3.52. The lowest BCUT2D eigenvalue weighted by Gasteiger charge is -2.16. The van der Waals surface area contributed by atoms with E-state index in [2.05, 4.69) is 9.82 Å². The maximum absolute atomic E-state index is 12.7. The van der Waals surface area contributed by atoms with Crippen molar-refractivity contribution in [1.29, 1.82) is 0 Å². The van der Waals surface area contributed by atoms with Crippen LogP contribution in [0.25, 0.3) is 6.08 Å². The number of thioether (sulfide) groups is 1. The zero-order chi connectivity index (χ0) is 20.8. The summed E-state index contributed by atoms with van der Waals surface area (Å²) in [6.07, 6.45) is 1.48. The number of hydrazine groups is 1. The van der Waals surface area contributed by atoms with Crippen LogP contribution in [0.3, 0.4) is 0 Å². The molecule has 0 bridgehead atoms. The Kier molecular flexibility index (Phi) is 4.68. The highest BCUT2D eigenvalue weighted by atomic mass is 32.2. The van der Waals surface area contributed by atoms with Crippen LogP contribution in [0.5, 0.6) is 0 Å². The molecule has 12 heteroatoms. The fraction of sp³-hybridized carbons (Fsp3) is 0. The first kappa shape index (κ1) is 19.2. The number of non-ortho nitro benzene ring substituents is 1. The Balaban J connectivity index is 1.62. The number of carbonyl (C=O) groups excluding carboxylic acids is 1. The van der Waals surface area contributed by atoms with Gasteiger partial charge in [-0.1, -0.05) is 36.0 Å². The Hall–Kier alpha value is -3.09. The van der Waals surface area contributed by atoms with Crippen LogP contribution in [0.15, 0.2) is 62.7 Å². The van der Waals surface area contributed by atoms with Gasteiger partial charge in [0.15, 0.2) is 10.2 Å². The largest absolute Gasteiger partial charge is 0.285 e. The Morgan fingerprint density at radius 2 is 1.97 bits per heavy atom. The van der Waals surface area contributed by atoms with E-state index >= 15 is 0 Å². The highest BCUT2D eigenvalue weighted by molar-refractivity contribution is 8.26. The normalized spacial score (nSPS) is 18.7. The van der Waals surface area contributed by atoms with E-state index in [4.69, 9.17) is 12.2 Å². The van der Waals surface area contributed by atoms with E-state index in [9.17, 15) is 23.3 Å². The molecule has 1 amide bonds. The van der Waals surface area contributed by atoms with Crippen molar-refractivity contribution in [1.82, 2.24) is 10.4 Å². The van der Waals surface area contributed by atoms with E-state index in [0.717, 1.165) is 16.8 Å². The third-order valence-electron chi connectivity index (χ3n) is 4.02. The number of hydrogen-bond acceptors (Lipinski definition) is 8. The highest BCUT2D eigenvalue weighted by Gasteiger charge is 2.36. The van der Waals surface area contributed by atoms with Crippen LogP contribution < -0.4 is 5.43 Å². The summed E-state index contributed by atoms with van der Waals surface area (Å²) in [5.41, 5.74) is 3.38. The van der Waals surface area contributed by atoms with Crippen LogP contribution in [0.4, 0.5) is 5.69 Å². The minimum atomic E-state index is -3.85. The topological polar surface area (TPSA) is 122 Å². The van der Waals surface area contributed by atoms with Gasteiger partial charge in [0.2, 0.25) is 0 Å². The number of nitro groups is 1. The van der Waals surface area contributed by atoms with Gasteiger partial charge in [0.1, 0.15) is 4.90 Å². The molecule has 2 aliphatic rings. The van der Waals surface area contributed by atoms with Gasteiger partial charge in [-0.15, -0.1) is 4.40 Å². The Morgan fingerprint density at radius 3 is 2.72 bits per heavy atom. The molecule has 0 unspecified atom stereocenters. The van der Waals surface area contributed by atoms with Crippen LogP contribution in [0.2, 0.25) is 0 Å². The molecule has 1 N–H and O–H groups in total. The predicted octanol–water partition coefficient (Wildman–Crippen LogP) is 2.45. The zero-order valence-electron chi connectivity index (χ0n) is 14.3. The lowest BCUT2D eigenvalue weighted by Crippen LogP contribution is -2.44. The first-order chi connectivity index (χ1) is 13.8. The molecule has 2 aromatic rings. The van der Waals surface area contributed by atoms with Crippen LogP contribution in [0.1, 0.15) is 11.1 Å². The average molecular weight is 446 g/mol. The highest BCUT2D eigenvalue weighted by Crippen LogP contribution is 2.33. The number of hydrogen-bond donors (Lipinski definition) is 1. The van der Waals surface area contributed by atoms with Crippen LogP contribution >= 0.6 is 24.0 Å². The number of nitrogens with one attached hydrogen (secondary N) is 1. The molecular formula is C17H10N4O5S3. The number of amidine groups is 1. The molecule has 2 aromatic carbocycles. The first-order valence-electron chi connectivity index (χ1n) is 8.00. The number of rotatable bonds is 3. The minimum absolute atomic E-state index is 0.00602. The number of sulfonamides is 1. The maximum atomic E-state index is 12.7. The van der Waals surface area contributed by atoms with Crippen molar-refractivity contribution in [3.8, 4) is 0 Å². The van der Waals surface area contributed by atoms with Gasteiger partial charge in [-0.25, -0.2) is 0 Å². The number of fused-ring (bicyclic) bond motifs is 1. The molecule has 146 valence electrons. The average Bonchev–Trinajstić information content (AvgIpc) is 3.10. The summed E-state index contributed by atoms with van der Waals surface area (Å²) in [4.78, 5) is 23.4. The van der Waals surface area contributed by atoms with Crippen LogP contribution in [-0.2, 0) is 14.8 Å². The molecule has 0 aromatic heterocycles. The van der Waals surface area contributed by atoms with E-state index in [1.165, 1.54) is 30.3 Å². The Morgan fingerprint density at radius 1 is 1.21 bits per heavy atom. The standard InChI is InChI=1S/C17H10N4O5S3/c22-16-13(9-10-4-3-5-11(8-10)21(23)24)28-17(27)20(16)18-15-12-6-1-2-7-14(12)29(25,26)19-15/h1-9H,(H,18,19). The predicted molar refractivity (Wildman–Crippen MR) is 111 cm³/mol. The van der Waals surface area contributed by atoms with Gasteiger partial charge in [-0.3, -0.25) is 20.3 Å².